The predicted octanol–water partition coefficient (Wildman–Crippen LogP) is 4.46. The predicted molar refractivity (Wildman–Crippen MR) is 91.5 cm³/mol. The van der Waals surface area contributed by atoms with Crippen LogP contribution in [0.15, 0.2) is 53.0 Å². The minimum absolute atomic E-state index is 0.118. The van der Waals surface area contributed by atoms with Crippen molar-refractivity contribution in [1.82, 2.24) is 4.90 Å². The third-order valence-corrected chi connectivity index (χ3v) is 5.45. The highest BCUT2D eigenvalue weighted by Crippen LogP contribution is 2.56. The lowest BCUT2D eigenvalue weighted by Gasteiger charge is -2.54. The van der Waals surface area contributed by atoms with E-state index >= 15 is 0 Å². The quantitative estimate of drug-likeness (QED) is 0.713. The number of hydrogen-bond donors (Lipinski definition) is 0. The van der Waals surface area contributed by atoms with Crippen molar-refractivity contribution in [3.05, 3.63) is 69.7 Å². The van der Waals surface area contributed by atoms with E-state index in [0.29, 0.717) is 11.1 Å². The van der Waals surface area contributed by atoms with E-state index in [0.717, 1.165) is 10.0 Å². The average Bonchev–Trinajstić information content (AvgIpc) is 2.78. The van der Waals surface area contributed by atoms with Gasteiger partial charge in [-0.25, -0.2) is 4.39 Å². The second-order valence-electron chi connectivity index (χ2n) is 6.80. The van der Waals surface area contributed by atoms with Crippen LogP contribution >= 0.6 is 15.9 Å². The highest BCUT2D eigenvalue weighted by atomic mass is 79.9. The van der Waals surface area contributed by atoms with E-state index in [2.05, 4.69) is 15.9 Å². The zero-order valence-electron chi connectivity index (χ0n) is 13.1. The first-order valence-corrected chi connectivity index (χ1v) is 8.56. The molecule has 24 heavy (non-hydrogen) atoms. The number of hydrogen-bond acceptors (Lipinski definition) is 2. The number of nitrogens with zero attached hydrogens (tertiary/aromatic N) is 1. The number of carbonyl (C=O) groups excluding carboxylic acids is 2. The van der Waals surface area contributed by atoms with Crippen LogP contribution in [0.2, 0.25) is 0 Å². The average molecular weight is 388 g/mol. The normalized spacial score (nSPS) is 28.7. The number of benzene rings is 2. The number of alkyl halides is 1. The number of halogens is 2. The highest BCUT2D eigenvalue weighted by molar-refractivity contribution is 9.10. The molecule has 0 bridgehead atoms. The summed E-state index contributed by atoms with van der Waals surface area (Å²) in [5.74, 6) is -0.678. The molecule has 0 aromatic heterocycles. The first kappa shape index (κ1) is 15.5. The number of rotatable bonds is 2. The van der Waals surface area contributed by atoms with Crippen LogP contribution in [0, 0.1) is 0 Å². The van der Waals surface area contributed by atoms with Gasteiger partial charge >= 0.3 is 0 Å². The summed E-state index contributed by atoms with van der Waals surface area (Å²) >= 11 is 3.38. The van der Waals surface area contributed by atoms with Crippen LogP contribution < -0.4 is 0 Å². The van der Waals surface area contributed by atoms with Crippen molar-refractivity contribution in [2.75, 3.05) is 0 Å². The van der Waals surface area contributed by atoms with Gasteiger partial charge in [0.15, 0.2) is 0 Å². The summed E-state index contributed by atoms with van der Waals surface area (Å²) < 4.78 is 15.3. The van der Waals surface area contributed by atoms with E-state index in [-0.39, 0.29) is 24.7 Å². The van der Waals surface area contributed by atoms with Gasteiger partial charge in [0.05, 0.1) is 16.7 Å². The van der Waals surface area contributed by atoms with Crippen LogP contribution in [0.4, 0.5) is 4.39 Å². The summed E-state index contributed by atoms with van der Waals surface area (Å²) in [7, 11) is 0. The Bertz CT molecular complexity index is 817. The number of carbonyl (C=O) groups is 2. The summed E-state index contributed by atoms with van der Waals surface area (Å²) in [6.07, 6.45) is 0.236. The van der Waals surface area contributed by atoms with Crippen LogP contribution in [-0.4, -0.2) is 22.4 Å². The molecule has 3 nitrogen and oxygen atoms in total. The standard InChI is InChI=1S/C19H15BrFNO2/c1-18(21)10-19(11-18,12-6-8-13(20)9-7-12)22-16(23)14-4-2-3-5-15(14)17(22)24/h2-9H,10-11H2,1H3/t18-,19+. The molecule has 0 atom stereocenters. The fourth-order valence-corrected chi connectivity index (χ4v) is 4.26. The second kappa shape index (κ2) is 4.99. The minimum Gasteiger partial charge on any atom is -0.269 e. The zero-order valence-corrected chi connectivity index (χ0v) is 14.6. The van der Waals surface area contributed by atoms with Gasteiger partial charge in [-0.15, -0.1) is 0 Å². The number of imide groups is 1. The van der Waals surface area contributed by atoms with Gasteiger partial charge in [-0.2, -0.15) is 0 Å². The van der Waals surface area contributed by atoms with Crippen molar-refractivity contribution in [3.63, 3.8) is 0 Å². The molecule has 2 aromatic carbocycles. The molecule has 2 aromatic rings. The summed E-state index contributed by atoms with van der Waals surface area (Å²) in [4.78, 5) is 27.0. The summed E-state index contributed by atoms with van der Waals surface area (Å²) in [6.45, 7) is 1.52. The van der Waals surface area contributed by atoms with Gasteiger partial charge in [0, 0.05) is 17.3 Å². The largest absolute Gasteiger partial charge is 0.269 e. The molecule has 0 spiro atoms. The van der Waals surface area contributed by atoms with Crippen LogP contribution in [-0.2, 0) is 5.54 Å². The van der Waals surface area contributed by atoms with E-state index in [1.54, 1.807) is 24.3 Å². The minimum atomic E-state index is -1.39. The molecule has 5 heteroatoms. The highest BCUT2D eigenvalue weighted by Gasteiger charge is 2.61. The molecule has 1 saturated carbocycles. The summed E-state index contributed by atoms with van der Waals surface area (Å²) in [5, 5.41) is 0. The van der Waals surface area contributed by atoms with E-state index in [1.165, 1.54) is 11.8 Å². The van der Waals surface area contributed by atoms with Crippen molar-refractivity contribution in [1.29, 1.82) is 0 Å². The van der Waals surface area contributed by atoms with Crippen LogP contribution in [0.5, 0.6) is 0 Å². The Morgan fingerprint density at radius 2 is 1.46 bits per heavy atom. The Morgan fingerprint density at radius 3 is 1.92 bits per heavy atom. The van der Waals surface area contributed by atoms with Crippen LogP contribution in [0.25, 0.3) is 0 Å². The van der Waals surface area contributed by atoms with Crippen molar-refractivity contribution in [2.45, 2.75) is 31.0 Å². The van der Waals surface area contributed by atoms with Gasteiger partial charge in [-0.1, -0.05) is 40.2 Å². The van der Waals surface area contributed by atoms with Gasteiger partial charge in [-0.05, 0) is 36.8 Å². The van der Waals surface area contributed by atoms with Crippen molar-refractivity contribution >= 4 is 27.7 Å². The maximum Gasteiger partial charge on any atom is 0.262 e. The van der Waals surface area contributed by atoms with Gasteiger partial charge in [0.25, 0.3) is 11.8 Å². The van der Waals surface area contributed by atoms with Crippen molar-refractivity contribution in [3.8, 4) is 0 Å². The number of fused-ring (bicyclic) bond motifs is 1. The molecule has 122 valence electrons. The van der Waals surface area contributed by atoms with E-state index < -0.39 is 11.2 Å². The first-order valence-electron chi connectivity index (χ1n) is 7.77. The first-order chi connectivity index (χ1) is 11.3. The monoisotopic (exact) mass is 387 g/mol. The molecule has 0 unspecified atom stereocenters. The van der Waals surface area contributed by atoms with Crippen molar-refractivity contribution < 1.29 is 14.0 Å². The molecular formula is C19H15BrFNO2. The van der Waals surface area contributed by atoms with E-state index in [1.807, 2.05) is 24.3 Å². The summed E-state index contributed by atoms with van der Waals surface area (Å²) in [6, 6.07) is 14.2. The lowest BCUT2D eigenvalue weighted by Crippen LogP contribution is -2.62. The van der Waals surface area contributed by atoms with Crippen LogP contribution in [0.1, 0.15) is 46.0 Å². The lowest BCUT2D eigenvalue weighted by atomic mass is 9.62. The molecule has 0 radical (unpaired) electrons. The third kappa shape index (κ3) is 2.07. The molecule has 0 saturated heterocycles. The molecule has 2 amide bonds. The van der Waals surface area contributed by atoms with Gasteiger partial charge in [0.2, 0.25) is 0 Å². The molecule has 1 aliphatic carbocycles. The fraction of sp³-hybridized carbons (Fsp3) is 0.263. The molecule has 1 fully saturated rings. The fourth-order valence-electron chi connectivity index (χ4n) is 4.00. The maximum absolute atomic E-state index is 14.4. The number of amides is 2. The third-order valence-electron chi connectivity index (χ3n) is 4.93. The summed E-state index contributed by atoms with van der Waals surface area (Å²) in [5.41, 5.74) is -0.729. The smallest absolute Gasteiger partial charge is 0.262 e. The SMILES string of the molecule is C[C@]1(F)C[C@@](c2ccc(Br)cc2)(N2C(=O)c3ccccc3C2=O)C1. The Hall–Kier alpha value is -2.01. The molecule has 0 N–H and O–H groups in total. The molecule has 1 aliphatic heterocycles. The van der Waals surface area contributed by atoms with Gasteiger partial charge in [-0.3, -0.25) is 14.5 Å². The lowest BCUT2D eigenvalue weighted by molar-refractivity contribution is -0.0684. The maximum atomic E-state index is 14.4. The van der Waals surface area contributed by atoms with Gasteiger partial charge in [0.1, 0.15) is 5.67 Å². The molecular weight excluding hydrogens is 373 g/mol. The Balaban J connectivity index is 1.84. The molecule has 2 aliphatic rings. The van der Waals surface area contributed by atoms with E-state index in [4.69, 9.17) is 0 Å². The van der Waals surface area contributed by atoms with Crippen LogP contribution in [0.3, 0.4) is 0 Å². The van der Waals surface area contributed by atoms with Crippen molar-refractivity contribution in [2.24, 2.45) is 0 Å². The molecule has 4 rings (SSSR count). The Labute approximate surface area is 147 Å². The Morgan fingerprint density at radius 1 is 0.958 bits per heavy atom. The zero-order chi connectivity index (χ0) is 17.1. The second-order valence-corrected chi connectivity index (χ2v) is 7.71. The topological polar surface area (TPSA) is 37.4 Å². The van der Waals surface area contributed by atoms with Gasteiger partial charge < -0.3 is 0 Å². The molecule has 1 heterocycles. The Kier molecular flexibility index (Phi) is 3.23. The van der Waals surface area contributed by atoms with E-state index in [9.17, 15) is 14.0 Å².